The van der Waals surface area contributed by atoms with Gasteiger partial charge >= 0.3 is 0 Å². The molecule has 8 heteroatoms. The summed E-state index contributed by atoms with van der Waals surface area (Å²) in [5, 5.41) is 0. The molecule has 0 bridgehead atoms. The monoisotopic (exact) mass is 504 g/mol. The molecule has 0 spiro atoms. The molecule has 37 heavy (non-hydrogen) atoms. The average molecular weight is 505 g/mol. The van der Waals surface area contributed by atoms with Gasteiger partial charge in [0.05, 0.1) is 13.7 Å². The molecule has 3 aromatic carbocycles. The lowest BCUT2D eigenvalue weighted by molar-refractivity contribution is 0.0628. The number of methoxy groups -OCH3 is 1. The van der Waals surface area contributed by atoms with Gasteiger partial charge in [0, 0.05) is 43.9 Å². The Balaban J connectivity index is 1.22. The summed E-state index contributed by atoms with van der Waals surface area (Å²) in [4.78, 5) is 17.6. The third kappa shape index (κ3) is 5.75. The lowest BCUT2D eigenvalue weighted by Gasteiger charge is -2.35. The highest BCUT2D eigenvalue weighted by Crippen LogP contribution is 2.33. The van der Waals surface area contributed by atoms with Crippen molar-refractivity contribution in [3.05, 3.63) is 77.4 Å². The van der Waals surface area contributed by atoms with E-state index in [1.165, 1.54) is 5.56 Å². The van der Waals surface area contributed by atoms with Crippen molar-refractivity contribution < 1.29 is 28.5 Å². The number of carbonyl (C=O) groups excluding carboxylic acids is 1. The molecule has 1 saturated heterocycles. The van der Waals surface area contributed by atoms with Crippen LogP contribution in [0.4, 0.5) is 0 Å². The Morgan fingerprint density at radius 1 is 0.865 bits per heavy atom. The number of amides is 1. The van der Waals surface area contributed by atoms with E-state index in [4.69, 9.17) is 23.7 Å². The average Bonchev–Trinajstić information content (AvgIpc) is 3.41. The second-order valence-electron chi connectivity index (χ2n) is 8.95. The maximum atomic E-state index is 13.4. The maximum absolute atomic E-state index is 13.4. The van der Waals surface area contributed by atoms with Crippen molar-refractivity contribution in [2.75, 3.05) is 46.7 Å². The predicted octanol–water partition coefficient (Wildman–Crippen LogP) is 4.36. The number of hydrogen-bond donors (Lipinski definition) is 0. The number of ether oxygens (including phenoxy) is 5. The molecule has 0 unspecified atom stereocenters. The Kier molecular flexibility index (Phi) is 7.65. The summed E-state index contributed by atoms with van der Waals surface area (Å²) in [6, 6.07) is 19.1. The van der Waals surface area contributed by atoms with Gasteiger partial charge in [-0.25, -0.2) is 0 Å². The van der Waals surface area contributed by atoms with Crippen LogP contribution in [0.3, 0.4) is 0 Å². The van der Waals surface area contributed by atoms with Gasteiger partial charge in [-0.1, -0.05) is 18.2 Å². The topological polar surface area (TPSA) is 69.7 Å². The van der Waals surface area contributed by atoms with Gasteiger partial charge in [-0.2, -0.15) is 0 Å². The number of carbonyl (C=O) groups is 1. The standard InChI is InChI=1S/C29H32N2O6/c1-3-34-24-11-9-22(17-23(24)19-35-26-7-5-4-6-25(26)33-2)29(32)31-14-12-30(13-15-31)18-21-8-10-27-28(16-21)37-20-36-27/h4-11,16-17H,3,12-15,18-20H2,1-2H3. The molecule has 0 aromatic heterocycles. The molecule has 1 fully saturated rings. The third-order valence-electron chi connectivity index (χ3n) is 6.56. The summed E-state index contributed by atoms with van der Waals surface area (Å²) >= 11 is 0. The van der Waals surface area contributed by atoms with Gasteiger partial charge in [-0.05, 0) is 55.0 Å². The molecule has 0 N–H and O–H groups in total. The van der Waals surface area contributed by atoms with E-state index >= 15 is 0 Å². The number of piperazine rings is 1. The normalized spacial score (nSPS) is 14.9. The van der Waals surface area contributed by atoms with E-state index in [-0.39, 0.29) is 19.3 Å². The molecule has 0 radical (unpaired) electrons. The zero-order valence-electron chi connectivity index (χ0n) is 21.3. The van der Waals surface area contributed by atoms with Gasteiger partial charge in [0.15, 0.2) is 23.0 Å². The minimum absolute atomic E-state index is 0.0179. The molecule has 2 aliphatic heterocycles. The van der Waals surface area contributed by atoms with Crippen LogP contribution in [0.25, 0.3) is 0 Å². The van der Waals surface area contributed by atoms with Gasteiger partial charge in [0.25, 0.3) is 5.91 Å². The Hall–Kier alpha value is -3.91. The minimum Gasteiger partial charge on any atom is -0.493 e. The van der Waals surface area contributed by atoms with Crippen LogP contribution in [0.2, 0.25) is 0 Å². The Morgan fingerprint density at radius 3 is 2.43 bits per heavy atom. The third-order valence-corrected chi connectivity index (χ3v) is 6.56. The molecular formula is C29H32N2O6. The van der Waals surface area contributed by atoms with E-state index in [0.717, 1.165) is 36.7 Å². The highest BCUT2D eigenvalue weighted by Gasteiger charge is 2.24. The number of rotatable bonds is 9. The van der Waals surface area contributed by atoms with Crippen LogP contribution in [0.5, 0.6) is 28.7 Å². The van der Waals surface area contributed by atoms with Crippen LogP contribution < -0.4 is 23.7 Å². The first-order valence-electron chi connectivity index (χ1n) is 12.6. The summed E-state index contributed by atoms with van der Waals surface area (Å²) < 4.78 is 28.1. The fourth-order valence-corrected chi connectivity index (χ4v) is 4.60. The van der Waals surface area contributed by atoms with E-state index in [1.807, 2.05) is 66.4 Å². The van der Waals surface area contributed by atoms with Crippen molar-refractivity contribution in [2.24, 2.45) is 0 Å². The molecule has 0 saturated carbocycles. The summed E-state index contributed by atoms with van der Waals surface area (Å²) in [5.41, 5.74) is 2.63. The van der Waals surface area contributed by atoms with Crippen LogP contribution >= 0.6 is 0 Å². The maximum Gasteiger partial charge on any atom is 0.253 e. The van der Waals surface area contributed by atoms with Crippen molar-refractivity contribution >= 4 is 5.91 Å². The Bertz CT molecular complexity index is 1240. The predicted molar refractivity (Wildman–Crippen MR) is 139 cm³/mol. The number of benzene rings is 3. The lowest BCUT2D eigenvalue weighted by Crippen LogP contribution is -2.48. The molecule has 5 rings (SSSR count). The largest absolute Gasteiger partial charge is 0.493 e. The highest BCUT2D eigenvalue weighted by molar-refractivity contribution is 5.94. The minimum atomic E-state index is 0.0179. The second kappa shape index (κ2) is 11.4. The number of para-hydroxylation sites is 2. The first-order valence-corrected chi connectivity index (χ1v) is 12.6. The Morgan fingerprint density at radius 2 is 1.65 bits per heavy atom. The van der Waals surface area contributed by atoms with Gasteiger partial charge in [-0.3, -0.25) is 9.69 Å². The first kappa shape index (κ1) is 24.8. The molecule has 2 aliphatic rings. The number of fused-ring (bicyclic) bond motifs is 1. The van der Waals surface area contributed by atoms with Gasteiger partial charge in [0.1, 0.15) is 12.4 Å². The SMILES string of the molecule is CCOc1ccc(C(=O)N2CCN(Cc3ccc4c(c3)OCO4)CC2)cc1COc1ccccc1OC. The van der Waals surface area contributed by atoms with Crippen LogP contribution in [-0.2, 0) is 13.2 Å². The molecule has 8 nitrogen and oxygen atoms in total. The van der Waals surface area contributed by atoms with Crippen LogP contribution in [0.1, 0.15) is 28.4 Å². The Labute approximate surface area is 217 Å². The number of hydrogen-bond acceptors (Lipinski definition) is 7. The summed E-state index contributed by atoms with van der Waals surface area (Å²) in [7, 11) is 1.61. The number of nitrogens with zero attached hydrogens (tertiary/aromatic N) is 2. The summed E-state index contributed by atoms with van der Waals surface area (Å²) in [5.74, 6) is 3.62. The molecular weight excluding hydrogens is 472 g/mol. The highest BCUT2D eigenvalue weighted by atomic mass is 16.7. The molecule has 194 valence electrons. The smallest absolute Gasteiger partial charge is 0.253 e. The van der Waals surface area contributed by atoms with Crippen LogP contribution in [0, 0.1) is 0 Å². The fraction of sp³-hybridized carbons (Fsp3) is 0.345. The molecule has 2 heterocycles. The second-order valence-corrected chi connectivity index (χ2v) is 8.95. The van der Waals surface area contributed by atoms with Gasteiger partial charge in [0.2, 0.25) is 6.79 Å². The van der Waals surface area contributed by atoms with Crippen LogP contribution in [0.15, 0.2) is 60.7 Å². The summed E-state index contributed by atoms with van der Waals surface area (Å²) in [6.45, 7) is 6.77. The quantitative estimate of drug-likeness (QED) is 0.429. The van der Waals surface area contributed by atoms with Crippen molar-refractivity contribution in [3.8, 4) is 28.7 Å². The van der Waals surface area contributed by atoms with Crippen molar-refractivity contribution in [1.29, 1.82) is 0 Å². The van der Waals surface area contributed by atoms with E-state index < -0.39 is 0 Å². The molecule has 0 atom stereocenters. The van der Waals surface area contributed by atoms with Gasteiger partial charge < -0.3 is 28.6 Å². The lowest BCUT2D eigenvalue weighted by atomic mass is 10.1. The van der Waals surface area contributed by atoms with E-state index in [0.29, 0.717) is 42.5 Å². The van der Waals surface area contributed by atoms with Crippen molar-refractivity contribution in [3.63, 3.8) is 0 Å². The van der Waals surface area contributed by atoms with E-state index in [1.54, 1.807) is 7.11 Å². The molecule has 0 aliphatic carbocycles. The van der Waals surface area contributed by atoms with Gasteiger partial charge in [-0.15, -0.1) is 0 Å². The first-order chi connectivity index (χ1) is 18.1. The molecule has 3 aromatic rings. The zero-order valence-corrected chi connectivity index (χ0v) is 21.3. The fourth-order valence-electron chi connectivity index (χ4n) is 4.60. The van der Waals surface area contributed by atoms with Crippen molar-refractivity contribution in [2.45, 2.75) is 20.1 Å². The molecule has 1 amide bonds. The van der Waals surface area contributed by atoms with Crippen LogP contribution in [-0.4, -0.2) is 62.4 Å². The zero-order chi connectivity index (χ0) is 25.6. The van der Waals surface area contributed by atoms with E-state index in [2.05, 4.69) is 11.0 Å². The summed E-state index contributed by atoms with van der Waals surface area (Å²) in [6.07, 6.45) is 0. The van der Waals surface area contributed by atoms with Crippen molar-refractivity contribution in [1.82, 2.24) is 9.80 Å². The van der Waals surface area contributed by atoms with E-state index in [9.17, 15) is 4.79 Å².